The summed E-state index contributed by atoms with van der Waals surface area (Å²) < 4.78 is 26.3. The molecule has 2 aromatic rings. The van der Waals surface area contributed by atoms with E-state index >= 15 is 0 Å². The summed E-state index contributed by atoms with van der Waals surface area (Å²) in [6.45, 7) is 2.59. The van der Waals surface area contributed by atoms with Crippen LogP contribution in [0.1, 0.15) is 17.2 Å². The smallest absolute Gasteiger partial charge is 0.207 e. The lowest BCUT2D eigenvalue weighted by molar-refractivity contribution is 0.554. The van der Waals surface area contributed by atoms with Crippen molar-refractivity contribution >= 4 is 10.0 Å². The number of aryl methyl sites for hydroxylation is 1. The molecular formula is C15H15NO2S. The normalized spacial score (nSPS) is 22.2. The molecule has 1 unspecified atom stereocenters. The average molecular weight is 273 g/mol. The SMILES string of the molecule is Cc1ccc([C@H]2CN2S(=O)(=O)c2ccccc2)cc1. The second kappa shape index (κ2) is 4.47. The minimum Gasteiger partial charge on any atom is -0.207 e. The highest BCUT2D eigenvalue weighted by molar-refractivity contribution is 7.89. The summed E-state index contributed by atoms with van der Waals surface area (Å²) in [5.41, 5.74) is 2.24. The Morgan fingerprint density at radius 2 is 1.63 bits per heavy atom. The standard InChI is InChI=1S/C15H15NO2S/c1-12-7-9-13(10-8-12)15-11-16(15)19(17,18)14-5-3-2-4-6-14/h2-10,15H,11H2,1H3/t15-,16?/m1/s1. The highest BCUT2D eigenvalue weighted by Crippen LogP contribution is 2.40. The van der Waals surface area contributed by atoms with Crippen LogP contribution < -0.4 is 0 Å². The van der Waals surface area contributed by atoms with Gasteiger partial charge in [-0.25, -0.2) is 8.42 Å². The fourth-order valence-electron chi connectivity index (χ4n) is 2.18. The first-order valence-electron chi connectivity index (χ1n) is 6.22. The molecule has 1 fully saturated rings. The van der Waals surface area contributed by atoms with E-state index < -0.39 is 10.0 Å². The van der Waals surface area contributed by atoms with E-state index in [1.165, 1.54) is 9.87 Å². The Labute approximate surface area is 113 Å². The average Bonchev–Trinajstić information content (AvgIpc) is 3.22. The van der Waals surface area contributed by atoms with Crippen molar-refractivity contribution in [2.75, 3.05) is 6.54 Å². The van der Waals surface area contributed by atoms with E-state index in [4.69, 9.17) is 0 Å². The third-order valence-corrected chi connectivity index (χ3v) is 5.27. The summed E-state index contributed by atoms with van der Waals surface area (Å²) in [7, 11) is -3.34. The summed E-state index contributed by atoms with van der Waals surface area (Å²) in [4.78, 5) is 0.365. The van der Waals surface area contributed by atoms with E-state index in [2.05, 4.69) is 0 Å². The number of hydrogen-bond acceptors (Lipinski definition) is 2. The molecule has 3 nitrogen and oxygen atoms in total. The molecule has 3 rings (SSSR count). The molecule has 0 bridgehead atoms. The van der Waals surface area contributed by atoms with E-state index in [9.17, 15) is 8.42 Å². The van der Waals surface area contributed by atoms with E-state index in [0.717, 1.165) is 5.56 Å². The molecule has 0 radical (unpaired) electrons. The number of nitrogens with zero attached hydrogens (tertiary/aromatic N) is 1. The fraction of sp³-hybridized carbons (Fsp3) is 0.200. The molecule has 0 aromatic heterocycles. The first-order valence-corrected chi connectivity index (χ1v) is 7.66. The van der Waals surface area contributed by atoms with Gasteiger partial charge in [-0.1, -0.05) is 48.0 Å². The van der Waals surface area contributed by atoms with Crippen LogP contribution >= 0.6 is 0 Å². The Bertz CT molecular complexity index is 678. The topological polar surface area (TPSA) is 37.1 Å². The van der Waals surface area contributed by atoms with Gasteiger partial charge in [0.05, 0.1) is 10.9 Å². The van der Waals surface area contributed by atoms with Crippen LogP contribution in [0.4, 0.5) is 0 Å². The zero-order valence-corrected chi connectivity index (χ0v) is 11.5. The minimum atomic E-state index is -3.34. The van der Waals surface area contributed by atoms with Crippen molar-refractivity contribution in [1.29, 1.82) is 0 Å². The van der Waals surface area contributed by atoms with Gasteiger partial charge in [0.15, 0.2) is 0 Å². The monoisotopic (exact) mass is 273 g/mol. The number of hydrogen-bond donors (Lipinski definition) is 0. The van der Waals surface area contributed by atoms with Gasteiger partial charge in [0.2, 0.25) is 10.0 Å². The summed E-state index contributed by atoms with van der Waals surface area (Å²) >= 11 is 0. The summed E-state index contributed by atoms with van der Waals surface area (Å²) in [5, 5.41) is 0. The van der Waals surface area contributed by atoms with Crippen molar-refractivity contribution in [3.05, 3.63) is 65.7 Å². The first kappa shape index (κ1) is 12.4. The van der Waals surface area contributed by atoms with E-state index in [1.807, 2.05) is 37.3 Å². The van der Waals surface area contributed by atoms with Crippen LogP contribution in [-0.2, 0) is 10.0 Å². The lowest BCUT2D eigenvalue weighted by Crippen LogP contribution is -2.12. The number of rotatable bonds is 3. The largest absolute Gasteiger partial charge is 0.243 e. The van der Waals surface area contributed by atoms with Crippen LogP contribution in [0, 0.1) is 6.92 Å². The maximum atomic E-state index is 12.4. The summed E-state index contributed by atoms with van der Waals surface area (Å²) in [5.74, 6) is 0. The van der Waals surface area contributed by atoms with Crippen molar-refractivity contribution in [2.45, 2.75) is 17.9 Å². The van der Waals surface area contributed by atoms with Gasteiger partial charge in [-0.15, -0.1) is 0 Å². The molecule has 1 heterocycles. The van der Waals surface area contributed by atoms with Crippen molar-refractivity contribution < 1.29 is 8.42 Å². The Balaban J connectivity index is 1.85. The molecule has 19 heavy (non-hydrogen) atoms. The van der Waals surface area contributed by atoms with E-state index in [-0.39, 0.29) is 6.04 Å². The Hall–Kier alpha value is -1.65. The molecule has 98 valence electrons. The molecule has 0 aliphatic carbocycles. The van der Waals surface area contributed by atoms with Gasteiger partial charge >= 0.3 is 0 Å². The lowest BCUT2D eigenvalue weighted by Gasteiger charge is -2.06. The zero-order chi connectivity index (χ0) is 13.5. The molecule has 0 saturated carbocycles. The Morgan fingerprint density at radius 1 is 1.00 bits per heavy atom. The van der Waals surface area contributed by atoms with Gasteiger partial charge in [-0.2, -0.15) is 4.31 Å². The fourth-order valence-corrected chi connectivity index (χ4v) is 3.74. The predicted molar refractivity (Wildman–Crippen MR) is 74.3 cm³/mol. The first-order chi connectivity index (χ1) is 9.09. The summed E-state index contributed by atoms with van der Waals surface area (Å²) in [6.07, 6.45) is 0. The molecule has 1 aliphatic heterocycles. The van der Waals surface area contributed by atoms with Crippen molar-refractivity contribution in [1.82, 2.24) is 4.31 Å². The van der Waals surface area contributed by atoms with Gasteiger partial charge in [0.25, 0.3) is 0 Å². The van der Waals surface area contributed by atoms with E-state index in [0.29, 0.717) is 11.4 Å². The molecule has 0 spiro atoms. The lowest BCUT2D eigenvalue weighted by atomic mass is 10.1. The maximum Gasteiger partial charge on any atom is 0.243 e. The Kier molecular flexibility index (Phi) is 2.92. The van der Waals surface area contributed by atoms with Crippen LogP contribution in [0.2, 0.25) is 0 Å². The number of benzene rings is 2. The van der Waals surface area contributed by atoms with Crippen molar-refractivity contribution in [3.63, 3.8) is 0 Å². The minimum absolute atomic E-state index is 0.00851. The van der Waals surface area contributed by atoms with Gasteiger partial charge < -0.3 is 0 Å². The molecule has 2 aromatic carbocycles. The number of sulfonamides is 1. The van der Waals surface area contributed by atoms with Crippen LogP contribution in [0.5, 0.6) is 0 Å². The predicted octanol–water partition coefficient (Wildman–Crippen LogP) is 2.74. The highest BCUT2D eigenvalue weighted by atomic mass is 32.2. The molecule has 2 atom stereocenters. The van der Waals surface area contributed by atoms with Crippen LogP contribution in [0.3, 0.4) is 0 Å². The maximum absolute atomic E-state index is 12.4. The molecule has 0 N–H and O–H groups in total. The second-order valence-corrected chi connectivity index (χ2v) is 6.70. The molecule has 0 amide bonds. The van der Waals surface area contributed by atoms with Gasteiger partial charge in [0.1, 0.15) is 0 Å². The van der Waals surface area contributed by atoms with E-state index in [1.54, 1.807) is 24.3 Å². The molecule has 4 heteroatoms. The second-order valence-electron chi connectivity index (χ2n) is 4.81. The van der Waals surface area contributed by atoms with Gasteiger partial charge in [0, 0.05) is 6.54 Å². The van der Waals surface area contributed by atoms with Crippen LogP contribution in [0.15, 0.2) is 59.5 Å². The molecule has 1 saturated heterocycles. The molecule has 1 aliphatic rings. The quantitative estimate of drug-likeness (QED) is 0.806. The Morgan fingerprint density at radius 3 is 2.26 bits per heavy atom. The highest BCUT2D eigenvalue weighted by Gasteiger charge is 2.45. The third kappa shape index (κ3) is 2.29. The van der Waals surface area contributed by atoms with Crippen molar-refractivity contribution in [2.24, 2.45) is 0 Å². The van der Waals surface area contributed by atoms with Gasteiger partial charge in [-0.05, 0) is 24.6 Å². The van der Waals surface area contributed by atoms with Crippen LogP contribution in [0.25, 0.3) is 0 Å². The van der Waals surface area contributed by atoms with Crippen LogP contribution in [-0.4, -0.2) is 19.3 Å². The van der Waals surface area contributed by atoms with Crippen molar-refractivity contribution in [3.8, 4) is 0 Å². The molecular weight excluding hydrogens is 258 g/mol. The van der Waals surface area contributed by atoms with Gasteiger partial charge in [-0.3, -0.25) is 0 Å². The zero-order valence-electron chi connectivity index (χ0n) is 10.7. The summed E-state index contributed by atoms with van der Waals surface area (Å²) in [6, 6.07) is 16.6. The third-order valence-electron chi connectivity index (χ3n) is 3.38.